The van der Waals surface area contributed by atoms with Gasteiger partial charge in [0, 0.05) is 38.3 Å². The zero-order chi connectivity index (χ0) is 24.2. The molecule has 3 saturated heterocycles. The molecular weight excluding hydrogens is 468 g/mol. The van der Waals surface area contributed by atoms with E-state index in [1.54, 1.807) is 24.5 Å². The lowest BCUT2D eigenvalue weighted by atomic mass is 10.0. The van der Waals surface area contributed by atoms with Gasteiger partial charge in [-0.05, 0) is 62.4 Å². The molecule has 0 saturated carbocycles. The molecular formula is C24H30N6O4S. The minimum atomic E-state index is -0.416. The normalized spacial score (nSPS) is 21.6. The molecule has 0 atom stereocenters. The number of carbonyl (C=O) groups excluding carboxylic acids is 2. The molecule has 0 aliphatic carbocycles. The van der Waals surface area contributed by atoms with Gasteiger partial charge in [0.2, 0.25) is 11.8 Å². The highest BCUT2D eigenvalue weighted by atomic mass is 32.2. The Hall–Kier alpha value is -2.89. The lowest BCUT2D eigenvalue weighted by Crippen LogP contribution is -2.53. The summed E-state index contributed by atoms with van der Waals surface area (Å²) in [6.45, 7) is 9.49. The van der Waals surface area contributed by atoms with Crippen LogP contribution in [0.3, 0.4) is 0 Å². The van der Waals surface area contributed by atoms with Gasteiger partial charge in [-0.15, -0.1) is 0 Å². The van der Waals surface area contributed by atoms with Crippen molar-refractivity contribution in [1.29, 1.82) is 0 Å². The Labute approximate surface area is 208 Å². The van der Waals surface area contributed by atoms with E-state index in [1.165, 1.54) is 25.9 Å². The van der Waals surface area contributed by atoms with E-state index in [0.29, 0.717) is 34.2 Å². The minimum absolute atomic E-state index is 0.234. The second-order valence-electron chi connectivity index (χ2n) is 8.84. The van der Waals surface area contributed by atoms with Crippen molar-refractivity contribution in [1.82, 2.24) is 25.1 Å². The maximum Gasteiger partial charge on any atom is 0.290 e. The molecule has 5 heterocycles. The molecule has 0 spiro atoms. The number of ether oxygens (including phenoxy) is 1. The number of furan rings is 1. The molecule has 3 aliphatic heterocycles. The number of aromatic nitrogens is 2. The third-order valence-corrected chi connectivity index (χ3v) is 7.50. The standard InChI is InChI=1S/C24H30N6O4S/c1-2-28-7-5-18(6-8-28)29-9-11-30(12-10-29)23-25-17(14-20-22(31)27-24(32)35-20)15-21(26-23)34-16-19-4-3-13-33-19/h3-4,13-15,18H,2,5-12,16H2,1H3,(H,27,31,32)/b20-14+. The van der Waals surface area contributed by atoms with Crippen molar-refractivity contribution in [2.75, 3.05) is 50.7 Å². The molecule has 2 aromatic heterocycles. The first kappa shape index (κ1) is 23.8. The zero-order valence-corrected chi connectivity index (χ0v) is 20.6. The number of nitrogens with zero attached hydrogens (tertiary/aromatic N) is 5. The van der Waals surface area contributed by atoms with Crippen molar-refractivity contribution >= 4 is 34.9 Å². The quantitative estimate of drug-likeness (QED) is 0.573. The van der Waals surface area contributed by atoms with Crippen molar-refractivity contribution in [2.24, 2.45) is 0 Å². The molecule has 0 unspecified atom stereocenters. The molecule has 186 valence electrons. The molecule has 0 radical (unpaired) electrons. The molecule has 0 bridgehead atoms. The fourth-order valence-electron chi connectivity index (χ4n) is 4.70. The van der Waals surface area contributed by atoms with Gasteiger partial charge >= 0.3 is 0 Å². The smallest absolute Gasteiger partial charge is 0.290 e. The van der Waals surface area contributed by atoms with E-state index >= 15 is 0 Å². The van der Waals surface area contributed by atoms with Gasteiger partial charge in [0.05, 0.1) is 16.9 Å². The van der Waals surface area contributed by atoms with E-state index < -0.39 is 5.91 Å². The van der Waals surface area contributed by atoms with E-state index in [9.17, 15) is 9.59 Å². The molecule has 1 N–H and O–H groups in total. The van der Waals surface area contributed by atoms with E-state index in [1.807, 2.05) is 6.07 Å². The van der Waals surface area contributed by atoms with Crippen LogP contribution in [0.4, 0.5) is 10.7 Å². The second kappa shape index (κ2) is 10.8. The molecule has 5 rings (SSSR count). The monoisotopic (exact) mass is 498 g/mol. The largest absolute Gasteiger partial charge is 0.469 e. The number of piperidine rings is 1. The number of piperazine rings is 1. The first-order chi connectivity index (χ1) is 17.1. The van der Waals surface area contributed by atoms with Gasteiger partial charge in [-0.25, -0.2) is 4.98 Å². The summed E-state index contributed by atoms with van der Waals surface area (Å²) in [5, 5.41) is 1.89. The number of rotatable bonds is 7. The molecule has 3 fully saturated rings. The number of hydrogen-bond donors (Lipinski definition) is 1. The van der Waals surface area contributed by atoms with Crippen LogP contribution in [0.1, 0.15) is 31.2 Å². The molecule has 11 heteroatoms. The molecule has 2 aromatic rings. The predicted octanol–water partition coefficient (Wildman–Crippen LogP) is 2.58. The van der Waals surface area contributed by atoms with Crippen molar-refractivity contribution in [3.63, 3.8) is 0 Å². The minimum Gasteiger partial charge on any atom is -0.469 e. The van der Waals surface area contributed by atoms with Crippen LogP contribution in [-0.2, 0) is 11.4 Å². The summed E-state index contributed by atoms with van der Waals surface area (Å²) in [4.78, 5) is 40.5. The third kappa shape index (κ3) is 5.85. The average Bonchev–Trinajstić information content (AvgIpc) is 3.52. The summed E-state index contributed by atoms with van der Waals surface area (Å²) >= 11 is 0.867. The van der Waals surface area contributed by atoms with Gasteiger partial charge in [0.1, 0.15) is 12.4 Å². The van der Waals surface area contributed by atoms with E-state index in [0.717, 1.165) is 44.5 Å². The Balaban J connectivity index is 1.30. The number of thioether (sulfide) groups is 1. The summed E-state index contributed by atoms with van der Waals surface area (Å²) in [5.41, 5.74) is 0.520. The fraction of sp³-hybridized carbons (Fsp3) is 0.500. The van der Waals surface area contributed by atoms with Gasteiger partial charge in [-0.3, -0.25) is 19.8 Å². The van der Waals surface area contributed by atoms with Gasteiger partial charge in [0.25, 0.3) is 11.1 Å². The predicted molar refractivity (Wildman–Crippen MR) is 133 cm³/mol. The first-order valence-corrected chi connectivity index (χ1v) is 12.9. The number of amides is 2. The van der Waals surface area contributed by atoms with Crippen LogP contribution in [0.15, 0.2) is 33.8 Å². The van der Waals surface area contributed by atoms with Crippen molar-refractivity contribution in [3.05, 3.63) is 40.8 Å². The first-order valence-electron chi connectivity index (χ1n) is 12.1. The van der Waals surface area contributed by atoms with Gasteiger partial charge in [-0.1, -0.05) is 6.92 Å². The topological polar surface area (TPSA) is 104 Å². The number of carbonyl (C=O) groups is 2. The Morgan fingerprint density at radius 1 is 1.17 bits per heavy atom. The lowest BCUT2D eigenvalue weighted by Gasteiger charge is -2.42. The van der Waals surface area contributed by atoms with Crippen LogP contribution in [0, 0.1) is 0 Å². The lowest BCUT2D eigenvalue weighted by molar-refractivity contribution is -0.115. The van der Waals surface area contributed by atoms with Crippen LogP contribution in [0.5, 0.6) is 5.88 Å². The van der Waals surface area contributed by atoms with Crippen LogP contribution >= 0.6 is 11.8 Å². The summed E-state index contributed by atoms with van der Waals surface area (Å²) in [5.74, 6) is 1.22. The fourth-order valence-corrected chi connectivity index (χ4v) is 5.37. The van der Waals surface area contributed by atoms with Crippen molar-refractivity contribution < 1.29 is 18.7 Å². The summed E-state index contributed by atoms with van der Waals surface area (Å²) < 4.78 is 11.2. The summed E-state index contributed by atoms with van der Waals surface area (Å²) in [6.07, 6.45) is 5.64. The van der Waals surface area contributed by atoms with E-state index in [2.05, 4.69) is 36.9 Å². The Kier molecular flexibility index (Phi) is 7.35. The van der Waals surface area contributed by atoms with Gasteiger partial charge in [0.15, 0.2) is 0 Å². The second-order valence-corrected chi connectivity index (χ2v) is 9.85. The zero-order valence-electron chi connectivity index (χ0n) is 19.8. The molecule has 3 aliphatic rings. The van der Waals surface area contributed by atoms with Gasteiger partial charge < -0.3 is 19.0 Å². The van der Waals surface area contributed by atoms with E-state index in [4.69, 9.17) is 9.15 Å². The average molecular weight is 499 g/mol. The highest BCUT2D eigenvalue weighted by molar-refractivity contribution is 8.18. The summed E-state index contributed by atoms with van der Waals surface area (Å²) in [7, 11) is 0. The third-order valence-electron chi connectivity index (χ3n) is 6.69. The molecule has 35 heavy (non-hydrogen) atoms. The number of imide groups is 1. The van der Waals surface area contributed by atoms with Gasteiger partial charge in [-0.2, -0.15) is 4.98 Å². The number of anilines is 1. The van der Waals surface area contributed by atoms with Crippen molar-refractivity contribution in [2.45, 2.75) is 32.4 Å². The highest BCUT2D eigenvalue weighted by Crippen LogP contribution is 2.27. The molecule has 10 nitrogen and oxygen atoms in total. The maximum atomic E-state index is 12.0. The van der Waals surface area contributed by atoms with Crippen LogP contribution in [-0.4, -0.2) is 82.8 Å². The maximum absolute atomic E-state index is 12.0. The number of hydrogen-bond acceptors (Lipinski definition) is 10. The molecule has 0 aromatic carbocycles. The highest BCUT2D eigenvalue weighted by Gasteiger charge is 2.29. The van der Waals surface area contributed by atoms with E-state index in [-0.39, 0.29) is 11.8 Å². The number of likely N-dealkylation sites (tertiary alicyclic amines) is 1. The molecule has 2 amide bonds. The Morgan fingerprint density at radius 2 is 1.97 bits per heavy atom. The van der Waals surface area contributed by atoms with Crippen molar-refractivity contribution in [3.8, 4) is 5.88 Å². The van der Waals surface area contributed by atoms with Crippen LogP contribution in [0.2, 0.25) is 0 Å². The Morgan fingerprint density at radius 3 is 2.63 bits per heavy atom. The van der Waals surface area contributed by atoms with Crippen LogP contribution < -0.4 is 15.0 Å². The number of nitrogens with one attached hydrogen (secondary N) is 1. The van der Waals surface area contributed by atoms with Crippen LogP contribution in [0.25, 0.3) is 6.08 Å². The summed E-state index contributed by atoms with van der Waals surface area (Å²) in [6, 6.07) is 5.95. The SMILES string of the molecule is CCN1CCC(N2CCN(c3nc(/C=C4/SC(=O)NC4=O)cc(OCc4ccco4)n3)CC2)CC1. The Bertz CT molecular complexity index is 1080.